The third-order valence-electron chi connectivity index (χ3n) is 5.63. The lowest BCUT2D eigenvalue weighted by Crippen LogP contribution is -2.33. The molecule has 2 aromatic carbocycles. The van der Waals surface area contributed by atoms with E-state index >= 15 is 0 Å². The van der Waals surface area contributed by atoms with E-state index in [2.05, 4.69) is 5.10 Å². The zero-order valence-corrected chi connectivity index (χ0v) is 17.3. The van der Waals surface area contributed by atoms with Crippen LogP contribution in [0.1, 0.15) is 61.7 Å². The Bertz CT molecular complexity index is 1180. The van der Waals surface area contributed by atoms with Crippen molar-refractivity contribution in [2.45, 2.75) is 32.1 Å². The lowest BCUT2D eigenvalue weighted by molar-refractivity contribution is -0.0589. The van der Waals surface area contributed by atoms with Gasteiger partial charge in [-0.05, 0) is 62.1 Å². The molecule has 7 nitrogen and oxygen atoms in total. The van der Waals surface area contributed by atoms with Gasteiger partial charge in [0.05, 0.1) is 16.8 Å². The van der Waals surface area contributed by atoms with Crippen molar-refractivity contribution in [1.29, 1.82) is 0 Å². The SMILES string of the molecule is O=C(ON1C(=O)c2ccccc2C1=O)c1nn(-c2ccc(Cl)cc2)c2c1CCCCC2. The maximum Gasteiger partial charge on any atom is 0.384 e. The molecule has 156 valence electrons. The number of amides is 2. The van der Waals surface area contributed by atoms with Crippen molar-refractivity contribution in [3.63, 3.8) is 0 Å². The molecule has 8 heteroatoms. The largest absolute Gasteiger partial charge is 0.384 e. The summed E-state index contributed by atoms with van der Waals surface area (Å²) in [6.45, 7) is 0. The number of carbonyl (C=O) groups excluding carboxylic acids is 3. The van der Waals surface area contributed by atoms with E-state index in [1.807, 2.05) is 12.1 Å². The smallest absolute Gasteiger partial charge is 0.322 e. The van der Waals surface area contributed by atoms with E-state index in [1.165, 1.54) is 12.1 Å². The molecule has 0 bridgehead atoms. The van der Waals surface area contributed by atoms with Crippen molar-refractivity contribution in [2.24, 2.45) is 0 Å². The molecule has 3 aromatic rings. The highest BCUT2D eigenvalue weighted by Gasteiger charge is 2.40. The fourth-order valence-electron chi connectivity index (χ4n) is 4.11. The molecule has 0 fully saturated rings. The van der Waals surface area contributed by atoms with Crippen LogP contribution in [-0.2, 0) is 17.7 Å². The van der Waals surface area contributed by atoms with Gasteiger partial charge in [0.1, 0.15) is 0 Å². The van der Waals surface area contributed by atoms with Crippen molar-refractivity contribution in [3.05, 3.63) is 81.6 Å². The van der Waals surface area contributed by atoms with Gasteiger partial charge in [-0.15, -0.1) is 0 Å². The average molecular weight is 436 g/mol. The Morgan fingerprint density at radius 3 is 2.23 bits per heavy atom. The first-order chi connectivity index (χ1) is 15.0. The Labute approximate surface area is 183 Å². The summed E-state index contributed by atoms with van der Waals surface area (Å²) in [5.74, 6) is -2.13. The van der Waals surface area contributed by atoms with Gasteiger partial charge in [0, 0.05) is 16.3 Å². The fraction of sp³-hybridized carbons (Fsp3) is 0.217. The van der Waals surface area contributed by atoms with E-state index in [0.717, 1.165) is 42.6 Å². The first-order valence-electron chi connectivity index (χ1n) is 10.1. The molecule has 0 saturated carbocycles. The molecule has 31 heavy (non-hydrogen) atoms. The van der Waals surface area contributed by atoms with Crippen LogP contribution >= 0.6 is 11.6 Å². The highest BCUT2D eigenvalue weighted by Crippen LogP contribution is 2.29. The first kappa shape index (κ1) is 19.5. The summed E-state index contributed by atoms with van der Waals surface area (Å²) in [5, 5.41) is 5.65. The van der Waals surface area contributed by atoms with Crippen LogP contribution in [0.2, 0.25) is 5.02 Å². The molecule has 1 aromatic heterocycles. The predicted octanol–water partition coefficient (Wildman–Crippen LogP) is 4.16. The molecule has 0 saturated heterocycles. The van der Waals surface area contributed by atoms with E-state index in [1.54, 1.807) is 28.9 Å². The summed E-state index contributed by atoms with van der Waals surface area (Å²) in [6, 6.07) is 13.6. The summed E-state index contributed by atoms with van der Waals surface area (Å²) < 4.78 is 1.73. The van der Waals surface area contributed by atoms with Crippen molar-refractivity contribution < 1.29 is 19.2 Å². The number of carbonyl (C=O) groups is 3. The van der Waals surface area contributed by atoms with E-state index < -0.39 is 17.8 Å². The molecule has 0 spiro atoms. The highest BCUT2D eigenvalue weighted by molar-refractivity contribution is 6.30. The standard InChI is InChI=1S/C23H18ClN3O4/c24-14-10-12-15(13-11-14)26-19-9-3-1-2-8-18(19)20(25-26)23(30)31-27-21(28)16-6-4-5-7-17(16)22(27)29/h4-7,10-13H,1-3,8-9H2. The number of hydrogen-bond acceptors (Lipinski definition) is 5. The lowest BCUT2D eigenvalue weighted by atomic mass is 10.1. The number of nitrogens with zero attached hydrogens (tertiary/aromatic N) is 3. The molecule has 2 amide bonds. The Morgan fingerprint density at radius 2 is 1.55 bits per heavy atom. The Kier molecular flexibility index (Phi) is 4.82. The molecular weight excluding hydrogens is 418 g/mol. The van der Waals surface area contributed by atoms with Crippen LogP contribution in [0, 0.1) is 0 Å². The van der Waals surface area contributed by atoms with Gasteiger partial charge < -0.3 is 4.84 Å². The van der Waals surface area contributed by atoms with Gasteiger partial charge in [-0.3, -0.25) is 9.59 Å². The zero-order chi connectivity index (χ0) is 21.5. The number of imide groups is 1. The van der Waals surface area contributed by atoms with Crippen LogP contribution in [0.4, 0.5) is 0 Å². The lowest BCUT2D eigenvalue weighted by Gasteiger charge is -2.12. The number of hydroxylamine groups is 2. The summed E-state index contributed by atoms with van der Waals surface area (Å²) in [7, 11) is 0. The van der Waals surface area contributed by atoms with Crippen LogP contribution in [0.25, 0.3) is 5.69 Å². The van der Waals surface area contributed by atoms with Gasteiger partial charge in [0.15, 0.2) is 5.69 Å². The molecule has 1 aliphatic heterocycles. The maximum absolute atomic E-state index is 13.1. The van der Waals surface area contributed by atoms with Crippen molar-refractivity contribution in [2.75, 3.05) is 0 Å². The second kappa shape index (κ2) is 7.67. The van der Waals surface area contributed by atoms with Gasteiger partial charge in [-0.2, -0.15) is 5.10 Å². The van der Waals surface area contributed by atoms with E-state index in [-0.39, 0.29) is 16.8 Å². The second-order valence-electron chi connectivity index (χ2n) is 7.55. The van der Waals surface area contributed by atoms with Crippen molar-refractivity contribution in [3.8, 4) is 5.69 Å². The molecule has 2 heterocycles. The Morgan fingerprint density at radius 1 is 0.903 bits per heavy atom. The summed E-state index contributed by atoms with van der Waals surface area (Å²) in [4.78, 5) is 43.5. The first-order valence-corrected chi connectivity index (χ1v) is 10.5. The second-order valence-corrected chi connectivity index (χ2v) is 7.99. The van der Waals surface area contributed by atoms with Crippen LogP contribution in [0.3, 0.4) is 0 Å². The van der Waals surface area contributed by atoms with Crippen LogP contribution < -0.4 is 0 Å². The van der Waals surface area contributed by atoms with Crippen molar-refractivity contribution in [1.82, 2.24) is 14.8 Å². The van der Waals surface area contributed by atoms with Crippen molar-refractivity contribution >= 4 is 29.4 Å². The Hall–Kier alpha value is -3.45. The quantitative estimate of drug-likeness (QED) is 0.455. The van der Waals surface area contributed by atoms with E-state index in [4.69, 9.17) is 16.4 Å². The van der Waals surface area contributed by atoms with Crippen LogP contribution in [0.15, 0.2) is 48.5 Å². The Balaban J connectivity index is 1.50. The van der Waals surface area contributed by atoms with E-state index in [0.29, 0.717) is 16.5 Å². The molecule has 5 rings (SSSR count). The molecule has 0 atom stereocenters. The minimum Gasteiger partial charge on any atom is -0.322 e. The van der Waals surface area contributed by atoms with Crippen LogP contribution in [0.5, 0.6) is 0 Å². The fourth-order valence-corrected chi connectivity index (χ4v) is 4.24. The third-order valence-corrected chi connectivity index (χ3v) is 5.88. The summed E-state index contributed by atoms with van der Waals surface area (Å²) in [5.41, 5.74) is 3.07. The van der Waals surface area contributed by atoms with Gasteiger partial charge in [0.2, 0.25) is 0 Å². The van der Waals surface area contributed by atoms with Crippen LogP contribution in [-0.4, -0.2) is 32.6 Å². The minimum atomic E-state index is -0.819. The number of halogens is 1. The molecule has 0 N–H and O–H groups in total. The number of rotatable bonds is 3. The zero-order valence-electron chi connectivity index (χ0n) is 16.5. The minimum absolute atomic E-state index is 0.128. The topological polar surface area (TPSA) is 81.5 Å². The highest BCUT2D eigenvalue weighted by atomic mass is 35.5. The average Bonchev–Trinajstić information content (AvgIpc) is 3.12. The molecule has 1 aliphatic carbocycles. The molecule has 0 unspecified atom stereocenters. The normalized spacial score (nSPS) is 15.5. The maximum atomic E-state index is 13.1. The molecular formula is C23H18ClN3O4. The third kappa shape index (κ3) is 3.31. The predicted molar refractivity (Wildman–Crippen MR) is 112 cm³/mol. The number of fused-ring (bicyclic) bond motifs is 2. The number of benzene rings is 2. The summed E-state index contributed by atoms with van der Waals surface area (Å²) in [6.07, 6.45) is 4.40. The number of aromatic nitrogens is 2. The number of hydrogen-bond donors (Lipinski definition) is 0. The van der Waals surface area contributed by atoms with E-state index in [9.17, 15) is 14.4 Å². The van der Waals surface area contributed by atoms with Gasteiger partial charge in [0.25, 0.3) is 11.8 Å². The van der Waals surface area contributed by atoms with Gasteiger partial charge in [-0.1, -0.05) is 35.2 Å². The summed E-state index contributed by atoms with van der Waals surface area (Å²) >= 11 is 6.01. The van der Waals surface area contributed by atoms with Gasteiger partial charge in [-0.25, -0.2) is 9.48 Å². The van der Waals surface area contributed by atoms with Gasteiger partial charge >= 0.3 is 5.97 Å². The molecule has 0 radical (unpaired) electrons. The monoisotopic (exact) mass is 435 g/mol. The molecule has 2 aliphatic rings.